The van der Waals surface area contributed by atoms with E-state index in [9.17, 15) is 8.42 Å². The van der Waals surface area contributed by atoms with Crippen molar-refractivity contribution in [2.75, 3.05) is 25.4 Å². The number of hydrogen-bond acceptors (Lipinski definition) is 7. The number of aromatic nitrogens is 4. The van der Waals surface area contributed by atoms with Gasteiger partial charge in [-0.2, -0.15) is 4.31 Å². The maximum atomic E-state index is 13.5. The lowest BCUT2D eigenvalue weighted by Crippen LogP contribution is -2.38. The molecule has 37 heavy (non-hydrogen) atoms. The van der Waals surface area contributed by atoms with Crippen LogP contribution in [0.2, 0.25) is 0 Å². The molecular weight excluding hydrogens is 488 g/mol. The van der Waals surface area contributed by atoms with Crippen LogP contribution in [0.5, 0.6) is 0 Å². The fourth-order valence-electron chi connectivity index (χ4n) is 5.26. The number of nitrogens with zero attached hydrogens (tertiary/aromatic N) is 5. The summed E-state index contributed by atoms with van der Waals surface area (Å²) in [6.45, 7) is 8.78. The highest BCUT2D eigenvalue weighted by atomic mass is 32.2. The van der Waals surface area contributed by atoms with Gasteiger partial charge in [0, 0.05) is 43.5 Å². The van der Waals surface area contributed by atoms with E-state index in [1.54, 1.807) is 22.6 Å². The average molecular weight is 523 g/mol. The Labute approximate surface area is 217 Å². The maximum Gasteiger partial charge on any atom is 0.245 e. The van der Waals surface area contributed by atoms with Gasteiger partial charge >= 0.3 is 0 Å². The zero-order chi connectivity index (χ0) is 26.2. The van der Waals surface area contributed by atoms with Gasteiger partial charge in [0.05, 0.1) is 11.0 Å². The molecule has 4 aromatic rings. The van der Waals surface area contributed by atoms with Gasteiger partial charge in [0.15, 0.2) is 5.82 Å². The van der Waals surface area contributed by atoms with Crippen molar-refractivity contribution in [3.8, 4) is 0 Å². The molecular formula is C27H34N6O3S. The summed E-state index contributed by atoms with van der Waals surface area (Å²) in [7, 11) is -3.61. The van der Waals surface area contributed by atoms with E-state index in [0.29, 0.717) is 43.6 Å². The molecule has 2 N–H and O–H groups in total. The van der Waals surface area contributed by atoms with Crippen LogP contribution in [0.3, 0.4) is 0 Å². The lowest BCUT2D eigenvalue weighted by Gasteiger charge is -2.31. The normalized spacial score (nSPS) is 15.6. The SMILES string of the molecule is CCOCc1nc2c(N)nc(C)c(C)c2n1CCC1CCN(S(=O)(=O)c2cccc3cccnc23)CC1. The predicted molar refractivity (Wildman–Crippen MR) is 145 cm³/mol. The van der Waals surface area contributed by atoms with E-state index in [0.717, 1.165) is 59.3 Å². The lowest BCUT2D eigenvalue weighted by molar-refractivity contribution is 0.125. The van der Waals surface area contributed by atoms with Gasteiger partial charge in [-0.1, -0.05) is 18.2 Å². The molecule has 9 nitrogen and oxygen atoms in total. The second-order valence-corrected chi connectivity index (χ2v) is 11.6. The Kier molecular flexibility index (Phi) is 7.15. The molecule has 0 unspecified atom stereocenters. The third-order valence-electron chi connectivity index (χ3n) is 7.46. The number of para-hydroxylation sites is 1. The molecule has 1 fully saturated rings. The number of piperidine rings is 1. The van der Waals surface area contributed by atoms with Crippen LogP contribution >= 0.6 is 0 Å². The monoisotopic (exact) mass is 522 g/mol. The molecule has 0 amide bonds. The third-order valence-corrected chi connectivity index (χ3v) is 9.39. The second-order valence-electron chi connectivity index (χ2n) is 9.69. The standard InChI is InChI=1S/C27H34N6O3S/c1-4-36-17-23-31-25-26(18(2)19(3)30-27(25)28)33(23)16-12-20-10-14-32(15-11-20)37(34,35)22-9-5-7-21-8-6-13-29-24(21)22/h5-9,13,20H,4,10-12,14-17H2,1-3H3,(H2,28,30). The van der Waals surface area contributed by atoms with Crippen molar-refractivity contribution in [1.29, 1.82) is 0 Å². The number of benzene rings is 1. The van der Waals surface area contributed by atoms with Crippen molar-refractivity contribution >= 4 is 37.8 Å². The van der Waals surface area contributed by atoms with Crippen LogP contribution in [0.15, 0.2) is 41.4 Å². The highest BCUT2D eigenvalue weighted by Gasteiger charge is 2.31. The van der Waals surface area contributed by atoms with E-state index < -0.39 is 10.0 Å². The third kappa shape index (κ3) is 4.81. The van der Waals surface area contributed by atoms with Gasteiger partial charge in [0.25, 0.3) is 0 Å². The van der Waals surface area contributed by atoms with Crippen molar-refractivity contribution in [1.82, 2.24) is 23.8 Å². The van der Waals surface area contributed by atoms with E-state index in [1.165, 1.54) is 0 Å². The molecule has 0 saturated carbocycles. The minimum atomic E-state index is -3.61. The smallest absolute Gasteiger partial charge is 0.245 e. The van der Waals surface area contributed by atoms with Crippen LogP contribution in [-0.2, 0) is 27.9 Å². The number of imidazole rings is 1. The first-order valence-corrected chi connectivity index (χ1v) is 14.3. The van der Waals surface area contributed by atoms with Gasteiger partial charge in [-0.3, -0.25) is 4.98 Å². The van der Waals surface area contributed by atoms with Gasteiger partial charge in [-0.15, -0.1) is 0 Å². The average Bonchev–Trinajstić information content (AvgIpc) is 3.28. The van der Waals surface area contributed by atoms with Crippen LogP contribution in [0, 0.1) is 19.8 Å². The maximum absolute atomic E-state index is 13.5. The number of aryl methyl sites for hydroxylation is 3. The topological polar surface area (TPSA) is 116 Å². The van der Waals surface area contributed by atoms with Crippen molar-refractivity contribution in [2.45, 2.75) is 58.1 Å². The summed E-state index contributed by atoms with van der Waals surface area (Å²) in [5, 5.41) is 0.829. The number of anilines is 1. The number of ether oxygens (including phenoxy) is 1. The van der Waals surface area contributed by atoms with E-state index in [1.807, 2.05) is 32.0 Å². The van der Waals surface area contributed by atoms with E-state index in [4.69, 9.17) is 15.5 Å². The van der Waals surface area contributed by atoms with Crippen LogP contribution in [0.1, 0.15) is 43.3 Å². The minimum Gasteiger partial charge on any atom is -0.382 e. The Hall–Kier alpha value is -3.08. The molecule has 1 aromatic carbocycles. The summed E-state index contributed by atoms with van der Waals surface area (Å²) in [4.78, 5) is 13.9. The van der Waals surface area contributed by atoms with Crippen molar-refractivity contribution in [3.63, 3.8) is 0 Å². The predicted octanol–water partition coefficient (Wildman–Crippen LogP) is 4.21. The highest BCUT2D eigenvalue weighted by molar-refractivity contribution is 7.89. The van der Waals surface area contributed by atoms with Gasteiger partial charge in [-0.25, -0.2) is 18.4 Å². The van der Waals surface area contributed by atoms with Gasteiger partial charge in [0.1, 0.15) is 22.8 Å². The quantitative estimate of drug-likeness (QED) is 0.368. The lowest BCUT2D eigenvalue weighted by atomic mass is 9.94. The molecule has 0 aliphatic carbocycles. The van der Waals surface area contributed by atoms with E-state index >= 15 is 0 Å². The number of nitrogen functional groups attached to an aromatic ring is 1. The van der Waals surface area contributed by atoms with Crippen molar-refractivity contribution in [2.24, 2.45) is 5.92 Å². The molecule has 10 heteroatoms. The summed E-state index contributed by atoms with van der Waals surface area (Å²) in [6, 6.07) is 9.04. The number of sulfonamides is 1. The summed E-state index contributed by atoms with van der Waals surface area (Å²) in [5.41, 5.74) is 10.5. The number of fused-ring (bicyclic) bond motifs is 2. The summed E-state index contributed by atoms with van der Waals surface area (Å²) in [6.07, 6.45) is 4.19. The van der Waals surface area contributed by atoms with E-state index in [2.05, 4.69) is 21.5 Å². The molecule has 196 valence electrons. The molecule has 1 aliphatic rings. The molecule has 1 saturated heterocycles. The fourth-order valence-corrected chi connectivity index (χ4v) is 6.90. The zero-order valence-electron chi connectivity index (χ0n) is 21.6. The molecule has 0 radical (unpaired) electrons. The van der Waals surface area contributed by atoms with Gasteiger partial charge < -0.3 is 15.0 Å². The van der Waals surface area contributed by atoms with E-state index in [-0.39, 0.29) is 4.90 Å². The number of pyridine rings is 2. The molecule has 5 rings (SSSR count). The molecule has 0 spiro atoms. The number of nitrogens with two attached hydrogens (primary N) is 1. The molecule has 0 bridgehead atoms. The molecule has 3 aromatic heterocycles. The summed E-state index contributed by atoms with van der Waals surface area (Å²) < 4.78 is 36.5. The Balaban J connectivity index is 1.32. The molecule has 0 atom stereocenters. The Bertz CT molecular complexity index is 1540. The summed E-state index contributed by atoms with van der Waals surface area (Å²) in [5.74, 6) is 1.70. The largest absolute Gasteiger partial charge is 0.382 e. The molecule has 4 heterocycles. The number of rotatable bonds is 8. The van der Waals surface area contributed by atoms with Crippen molar-refractivity contribution < 1.29 is 13.2 Å². The number of hydrogen-bond donors (Lipinski definition) is 1. The zero-order valence-corrected chi connectivity index (χ0v) is 22.5. The highest BCUT2D eigenvalue weighted by Crippen LogP contribution is 2.31. The fraction of sp³-hybridized carbons (Fsp3) is 0.444. The van der Waals surface area contributed by atoms with Crippen LogP contribution in [0.4, 0.5) is 5.82 Å². The van der Waals surface area contributed by atoms with Crippen LogP contribution < -0.4 is 5.73 Å². The Morgan fingerprint density at radius 2 is 1.84 bits per heavy atom. The van der Waals surface area contributed by atoms with Crippen LogP contribution in [-0.4, -0.2) is 51.9 Å². The Morgan fingerprint density at radius 3 is 2.59 bits per heavy atom. The molecule has 1 aliphatic heterocycles. The van der Waals surface area contributed by atoms with Gasteiger partial charge in [-0.05, 0) is 63.6 Å². The Morgan fingerprint density at radius 1 is 1.08 bits per heavy atom. The second kappa shape index (κ2) is 10.4. The van der Waals surface area contributed by atoms with Crippen LogP contribution in [0.25, 0.3) is 21.9 Å². The van der Waals surface area contributed by atoms with Gasteiger partial charge in [0.2, 0.25) is 10.0 Å². The first-order chi connectivity index (χ1) is 17.8. The first-order valence-electron chi connectivity index (χ1n) is 12.8. The summed E-state index contributed by atoms with van der Waals surface area (Å²) >= 11 is 0. The van der Waals surface area contributed by atoms with Crippen molar-refractivity contribution in [3.05, 3.63) is 53.6 Å². The first kappa shape index (κ1) is 25.6. The minimum absolute atomic E-state index is 0.284.